The molecule has 2 aromatic heterocycles. The SMILES string of the molecule is CCOC(=O)c1c(NC(=O)CSc2nnc(CNC(=O)c3ccc([N+](=O)[O-])cc3)n2-c2cccc(Cl)c2)sc2c1CCC2. The van der Waals surface area contributed by atoms with E-state index in [2.05, 4.69) is 20.8 Å². The molecule has 222 valence electrons. The third-order valence-corrected chi connectivity index (χ3v) is 8.87. The molecule has 0 saturated heterocycles. The van der Waals surface area contributed by atoms with Gasteiger partial charge in [-0.05, 0) is 62.1 Å². The lowest BCUT2D eigenvalue weighted by atomic mass is 10.1. The van der Waals surface area contributed by atoms with Gasteiger partial charge < -0.3 is 15.4 Å². The average Bonchev–Trinajstić information content (AvgIpc) is 3.69. The number of thiophene rings is 1. The van der Waals surface area contributed by atoms with Gasteiger partial charge in [-0.15, -0.1) is 21.5 Å². The number of hydrogen-bond donors (Lipinski definition) is 2. The number of aromatic nitrogens is 3. The molecular weight excluding hydrogens is 616 g/mol. The molecule has 5 rings (SSSR count). The number of anilines is 1. The van der Waals surface area contributed by atoms with Crippen molar-refractivity contribution in [2.75, 3.05) is 17.7 Å². The molecule has 0 saturated carbocycles. The van der Waals surface area contributed by atoms with Crippen molar-refractivity contribution in [3.8, 4) is 5.69 Å². The van der Waals surface area contributed by atoms with Gasteiger partial charge in [0.2, 0.25) is 5.91 Å². The van der Waals surface area contributed by atoms with Gasteiger partial charge in [0, 0.05) is 27.6 Å². The minimum Gasteiger partial charge on any atom is -0.462 e. The molecule has 4 aromatic rings. The second kappa shape index (κ2) is 13.4. The number of carbonyl (C=O) groups excluding carboxylic acids is 3. The zero-order chi connectivity index (χ0) is 30.5. The number of carbonyl (C=O) groups is 3. The van der Waals surface area contributed by atoms with Crippen molar-refractivity contribution >= 4 is 63.2 Å². The fraction of sp³-hybridized carbons (Fsp3) is 0.250. The summed E-state index contributed by atoms with van der Waals surface area (Å²) in [5.41, 5.74) is 2.13. The third kappa shape index (κ3) is 6.87. The molecule has 1 aliphatic carbocycles. The summed E-state index contributed by atoms with van der Waals surface area (Å²) in [6, 6.07) is 12.2. The van der Waals surface area contributed by atoms with Crippen molar-refractivity contribution in [1.29, 1.82) is 0 Å². The average molecular weight is 641 g/mol. The van der Waals surface area contributed by atoms with Crippen LogP contribution in [0.1, 0.15) is 50.3 Å². The molecule has 0 atom stereocenters. The van der Waals surface area contributed by atoms with Gasteiger partial charge in [-0.25, -0.2) is 4.79 Å². The van der Waals surface area contributed by atoms with Crippen LogP contribution in [0.4, 0.5) is 10.7 Å². The van der Waals surface area contributed by atoms with Crippen LogP contribution in [0.15, 0.2) is 53.7 Å². The maximum Gasteiger partial charge on any atom is 0.341 e. The van der Waals surface area contributed by atoms with E-state index in [0.29, 0.717) is 32.3 Å². The van der Waals surface area contributed by atoms with Gasteiger partial charge in [0.25, 0.3) is 11.6 Å². The molecule has 0 aliphatic heterocycles. The van der Waals surface area contributed by atoms with Gasteiger partial charge in [0.15, 0.2) is 11.0 Å². The van der Waals surface area contributed by atoms with Gasteiger partial charge in [0.1, 0.15) is 5.00 Å². The Morgan fingerprint density at radius 1 is 1.16 bits per heavy atom. The van der Waals surface area contributed by atoms with Crippen molar-refractivity contribution in [1.82, 2.24) is 20.1 Å². The second-order valence-corrected chi connectivity index (χ2v) is 11.8. The van der Waals surface area contributed by atoms with Gasteiger partial charge in [-0.2, -0.15) is 0 Å². The number of esters is 1. The Bertz CT molecular complexity index is 1700. The number of nitrogens with one attached hydrogen (secondary N) is 2. The number of aryl methyl sites for hydroxylation is 1. The van der Waals surface area contributed by atoms with E-state index in [4.69, 9.17) is 16.3 Å². The highest BCUT2D eigenvalue weighted by molar-refractivity contribution is 7.99. The molecule has 0 spiro atoms. The number of non-ortho nitro benzene ring substituents is 1. The van der Waals surface area contributed by atoms with Gasteiger partial charge >= 0.3 is 5.97 Å². The number of halogens is 1. The lowest BCUT2D eigenvalue weighted by molar-refractivity contribution is -0.384. The maximum atomic E-state index is 13.0. The van der Waals surface area contributed by atoms with E-state index in [1.807, 2.05) is 0 Å². The zero-order valence-corrected chi connectivity index (χ0v) is 25.2. The van der Waals surface area contributed by atoms with Crippen LogP contribution in [0, 0.1) is 10.1 Å². The van der Waals surface area contributed by atoms with Gasteiger partial charge in [-0.3, -0.25) is 24.3 Å². The Kier molecular flexibility index (Phi) is 9.38. The van der Waals surface area contributed by atoms with E-state index >= 15 is 0 Å². The summed E-state index contributed by atoms with van der Waals surface area (Å²) in [6.07, 6.45) is 2.60. The van der Waals surface area contributed by atoms with E-state index < -0.39 is 16.8 Å². The normalized spacial score (nSPS) is 12.0. The molecule has 0 radical (unpaired) electrons. The highest BCUT2D eigenvalue weighted by Gasteiger charge is 2.28. The van der Waals surface area contributed by atoms with Crippen molar-refractivity contribution in [2.24, 2.45) is 0 Å². The first-order valence-corrected chi connectivity index (χ1v) is 15.4. The molecule has 12 nitrogen and oxygen atoms in total. The van der Waals surface area contributed by atoms with E-state index in [0.717, 1.165) is 41.5 Å². The summed E-state index contributed by atoms with van der Waals surface area (Å²) in [4.78, 5) is 49.9. The smallest absolute Gasteiger partial charge is 0.341 e. The first kappa shape index (κ1) is 30.2. The number of thioether (sulfide) groups is 1. The summed E-state index contributed by atoms with van der Waals surface area (Å²) < 4.78 is 6.93. The minimum absolute atomic E-state index is 0.0221. The zero-order valence-electron chi connectivity index (χ0n) is 22.8. The van der Waals surface area contributed by atoms with Crippen LogP contribution in [0.2, 0.25) is 5.02 Å². The summed E-state index contributed by atoms with van der Waals surface area (Å²) >= 11 is 8.78. The van der Waals surface area contributed by atoms with Crippen LogP contribution in [0.3, 0.4) is 0 Å². The Morgan fingerprint density at radius 2 is 1.95 bits per heavy atom. The molecule has 43 heavy (non-hydrogen) atoms. The molecule has 0 bridgehead atoms. The Hall–Kier alpha value is -4.27. The number of amides is 2. The molecule has 1 aliphatic rings. The van der Waals surface area contributed by atoms with Crippen LogP contribution in [0.25, 0.3) is 5.69 Å². The highest BCUT2D eigenvalue weighted by Crippen LogP contribution is 2.39. The van der Waals surface area contributed by atoms with E-state index in [1.54, 1.807) is 35.8 Å². The Morgan fingerprint density at radius 3 is 2.67 bits per heavy atom. The summed E-state index contributed by atoms with van der Waals surface area (Å²) in [5.74, 6) is -0.877. The van der Waals surface area contributed by atoms with Crippen LogP contribution < -0.4 is 10.6 Å². The first-order chi connectivity index (χ1) is 20.7. The quantitative estimate of drug-likeness (QED) is 0.0970. The largest absolute Gasteiger partial charge is 0.462 e. The number of hydrogen-bond acceptors (Lipinski definition) is 10. The highest BCUT2D eigenvalue weighted by atomic mass is 35.5. The van der Waals surface area contributed by atoms with Crippen molar-refractivity contribution in [3.63, 3.8) is 0 Å². The number of ether oxygens (including phenoxy) is 1. The molecular formula is C28H25ClN6O6S2. The second-order valence-electron chi connectivity index (χ2n) is 9.32. The fourth-order valence-corrected chi connectivity index (χ4v) is 6.83. The lowest BCUT2D eigenvalue weighted by Crippen LogP contribution is -2.24. The lowest BCUT2D eigenvalue weighted by Gasteiger charge is -2.12. The van der Waals surface area contributed by atoms with E-state index in [-0.39, 0.29) is 36.1 Å². The molecule has 15 heteroatoms. The van der Waals surface area contributed by atoms with Crippen LogP contribution in [0.5, 0.6) is 0 Å². The number of nitro groups is 1. The van der Waals surface area contributed by atoms with E-state index in [9.17, 15) is 24.5 Å². The predicted molar refractivity (Wildman–Crippen MR) is 162 cm³/mol. The number of nitrogens with zero attached hydrogens (tertiary/aromatic N) is 4. The number of rotatable bonds is 11. The molecule has 0 fully saturated rings. The van der Waals surface area contributed by atoms with Gasteiger partial charge in [0.05, 0.1) is 35.1 Å². The van der Waals surface area contributed by atoms with Crippen molar-refractivity contribution in [2.45, 2.75) is 37.9 Å². The molecule has 2 N–H and O–H groups in total. The maximum absolute atomic E-state index is 13.0. The molecule has 2 aromatic carbocycles. The summed E-state index contributed by atoms with van der Waals surface area (Å²) in [5, 5.41) is 26.4. The molecule has 2 heterocycles. The number of benzene rings is 2. The van der Waals surface area contributed by atoms with Crippen LogP contribution in [-0.2, 0) is 28.9 Å². The monoisotopic (exact) mass is 640 g/mol. The Balaban J connectivity index is 1.31. The topological polar surface area (TPSA) is 158 Å². The van der Waals surface area contributed by atoms with Crippen LogP contribution in [-0.4, -0.2) is 49.8 Å². The number of nitro benzene ring substituents is 1. The minimum atomic E-state index is -0.541. The Labute approximate surface area is 258 Å². The van der Waals surface area contributed by atoms with Gasteiger partial charge in [-0.1, -0.05) is 29.4 Å². The summed E-state index contributed by atoms with van der Waals surface area (Å²) in [7, 11) is 0. The predicted octanol–water partition coefficient (Wildman–Crippen LogP) is 5.22. The third-order valence-electron chi connectivity index (χ3n) is 6.50. The van der Waals surface area contributed by atoms with Crippen LogP contribution >= 0.6 is 34.7 Å². The summed E-state index contributed by atoms with van der Waals surface area (Å²) in [6.45, 7) is 1.96. The van der Waals surface area contributed by atoms with E-state index in [1.165, 1.54) is 35.6 Å². The number of fused-ring (bicyclic) bond motifs is 1. The molecule has 2 amide bonds. The van der Waals surface area contributed by atoms with Crippen molar-refractivity contribution < 1.29 is 24.0 Å². The van der Waals surface area contributed by atoms with Crippen molar-refractivity contribution in [3.05, 3.63) is 91.1 Å². The first-order valence-electron chi connectivity index (χ1n) is 13.2. The fourth-order valence-electron chi connectivity index (χ4n) is 4.58. The molecule has 0 unspecified atom stereocenters. The standard InChI is InChI=1S/C28H25ClN6O6S2/c1-2-41-27(38)24-20-7-4-8-21(20)43-26(24)31-23(36)15-42-28-33-32-22(34(28)19-6-3-5-17(29)13-19)14-30-25(37)16-9-11-18(12-10-16)35(39)40/h3,5-6,9-13H,2,4,7-8,14-15H2,1H3,(H,30,37)(H,31,36).